The molecule has 0 aliphatic rings. The molecule has 3 aromatic rings. The lowest BCUT2D eigenvalue weighted by Gasteiger charge is -2.08. The molecule has 0 bridgehead atoms. The summed E-state index contributed by atoms with van der Waals surface area (Å²) in [5, 5.41) is 9.85. The lowest BCUT2D eigenvalue weighted by Crippen LogP contribution is -2.14. The second-order valence-electron chi connectivity index (χ2n) is 4.71. The van der Waals surface area contributed by atoms with Crippen LogP contribution < -0.4 is 10.1 Å². The average molecular weight is 405 g/mol. The number of rotatable bonds is 6. The molecular weight excluding hydrogens is 392 g/mol. The van der Waals surface area contributed by atoms with Crippen LogP contribution in [0, 0.1) is 0 Å². The molecule has 2 N–H and O–H groups in total. The first-order valence-corrected chi connectivity index (χ1v) is 8.78. The van der Waals surface area contributed by atoms with Gasteiger partial charge in [0.25, 0.3) is 0 Å². The molecular formula is C16H13BrN4O2S. The van der Waals surface area contributed by atoms with E-state index < -0.39 is 0 Å². The van der Waals surface area contributed by atoms with Gasteiger partial charge in [-0.3, -0.25) is 9.89 Å². The van der Waals surface area contributed by atoms with E-state index in [2.05, 4.69) is 36.4 Å². The second kappa shape index (κ2) is 7.98. The topological polar surface area (TPSA) is 79.9 Å². The van der Waals surface area contributed by atoms with Gasteiger partial charge < -0.3 is 10.1 Å². The van der Waals surface area contributed by atoms with Crippen molar-refractivity contribution < 1.29 is 9.53 Å². The zero-order valence-electron chi connectivity index (χ0n) is 12.4. The highest BCUT2D eigenvalue weighted by Gasteiger charge is 2.06. The van der Waals surface area contributed by atoms with Crippen LogP contribution in [0.2, 0.25) is 0 Å². The molecule has 0 radical (unpaired) electrons. The van der Waals surface area contributed by atoms with Crippen molar-refractivity contribution in [1.82, 2.24) is 15.2 Å². The van der Waals surface area contributed by atoms with E-state index in [0.29, 0.717) is 16.6 Å². The van der Waals surface area contributed by atoms with Crippen molar-refractivity contribution in [3.8, 4) is 11.5 Å². The van der Waals surface area contributed by atoms with Crippen molar-refractivity contribution >= 4 is 39.3 Å². The minimum absolute atomic E-state index is 0.113. The Morgan fingerprint density at radius 1 is 1.12 bits per heavy atom. The third-order valence-corrected chi connectivity index (χ3v) is 4.33. The number of carbonyl (C=O) groups is 1. The van der Waals surface area contributed by atoms with Crippen molar-refractivity contribution in [3.63, 3.8) is 0 Å². The highest BCUT2D eigenvalue weighted by molar-refractivity contribution is 9.10. The highest BCUT2D eigenvalue weighted by Crippen LogP contribution is 2.24. The predicted octanol–water partition coefficient (Wildman–Crippen LogP) is 4.09. The predicted molar refractivity (Wildman–Crippen MR) is 96.4 cm³/mol. The third kappa shape index (κ3) is 4.84. The minimum atomic E-state index is -0.113. The molecule has 2 aromatic carbocycles. The number of H-pyrrole nitrogens is 1. The standard InChI is InChI=1S/C16H13BrN4O2S/c17-11-1-5-13(6-2-11)23-14-7-3-12(4-8-14)20-15(22)9-24-16-18-10-19-21-16/h1-8,10H,9H2,(H,20,22)(H,18,19,21). The van der Waals surface area contributed by atoms with Crippen LogP contribution in [0.1, 0.15) is 0 Å². The monoisotopic (exact) mass is 404 g/mol. The molecule has 122 valence electrons. The Bertz CT molecular complexity index is 792. The maximum atomic E-state index is 11.9. The maximum Gasteiger partial charge on any atom is 0.234 e. The van der Waals surface area contributed by atoms with E-state index in [1.54, 1.807) is 24.3 Å². The molecule has 1 aromatic heterocycles. The molecule has 8 heteroatoms. The number of thioether (sulfide) groups is 1. The molecule has 1 amide bonds. The van der Waals surface area contributed by atoms with Crippen LogP contribution in [0.15, 0.2) is 64.5 Å². The van der Waals surface area contributed by atoms with Crippen LogP contribution >= 0.6 is 27.7 Å². The summed E-state index contributed by atoms with van der Waals surface area (Å²) < 4.78 is 6.73. The first-order valence-electron chi connectivity index (χ1n) is 7.00. The summed E-state index contributed by atoms with van der Waals surface area (Å²) in [5.74, 6) is 1.59. The van der Waals surface area contributed by atoms with Crippen molar-refractivity contribution in [3.05, 3.63) is 59.3 Å². The second-order valence-corrected chi connectivity index (χ2v) is 6.59. The van der Waals surface area contributed by atoms with Gasteiger partial charge in [0.15, 0.2) is 5.16 Å². The summed E-state index contributed by atoms with van der Waals surface area (Å²) in [6.07, 6.45) is 1.41. The fourth-order valence-electron chi connectivity index (χ4n) is 1.84. The fourth-order valence-corrected chi connectivity index (χ4v) is 2.68. The van der Waals surface area contributed by atoms with Gasteiger partial charge in [-0.05, 0) is 48.5 Å². The summed E-state index contributed by atoms with van der Waals surface area (Å²) in [7, 11) is 0. The summed E-state index contributed by atoms with van der Waals surface area (Å²) in [4.78, 5) is 15.8. The van der Waals surface area contributed by atoms with Gasteiger partial charge in [0.05, 0.1) is 5.75 Å². The lowest BCUT2D eigenvalue weighted by atomic mass is 10.3. The lowest BCUT2D eigenvalue weighted by molar-refractivity contribution is -0.113. The number of aromatic nitrogens is 3. The van der Waals surface area contributed by atoms with E-state index in [1.165, 1.54) is 18.1 Å². The van der Waals surface area contributed by atoms with Crippen molar-refractivity contribution in [1.29, 1.82) is 0 Å². The van der Waals surface area contributed by atoms with Crippen LogP contribution in [0.3, 0.4) is 0 Å². The van der Waals surface area contributed by atoms with Crippen LogP contribution in [0.4, 0.5) is 5.69 Å². The number of carbonyl (C=O) groups excluding carboxylic acids is 1. The Balaban J connectivity index is 1.52. The van der Waals surface area contributed by atoms with Crippen LogP contribution in [0.5, 0.6) is 11.5 Å². The average Bonchev–Trinajstić information content (AvgIpc) is 3.10. The SMILES string of the molecule is O=C(CSc1ncn[nH]1)Nc1ccc(Oc2ccc(Br)cc2)cc1. The van der Waals surface area contributed by atoms with Gasteiger partial charge in [0.2, 0.25) is 5.91 Å². The molecule has 0 saturated heterocycles. The molecule has 0 aliphatic carbocycles. The number of halogens is 1. The molecule has 0 atom stereocenters. The molecule has 0 unspecified atom stereocenters. The van der Waals surface area contributed by atoms with E-state index in [-0.39, 0.29) is 11.7 Å². The van der Waals surface area contributed by atoms with Gasteiger partial charge in [0.1, 0.15) is 17.8 Å². The Hall–Kier alpha value is -2.32. The van der Waals surface area contributed by atoms with E-state index in [4.69, 9.17) is 4.74 Å². The number of anilines is 1. The molecule has 24 heavy (non-hydrogen) atoms. The van der Waals surface area contributed by atoms with E-state index in [9.17, 15) is 4.79 Å². The number of nitrogens with zero attached hydrogens (tertiary/aromatic N) is 2. The molecule has 0 aliphatic heterocycles. The number of hydrogen-bond donors (Lipinski definition) is 2. The molecule has 0 spiro atoms. The number of nitrogens with one attached hydrogen (secondary N) is 2. The summed E-state index contributed by atoms with van der Waals surface area (Å²) in [6, 6.07) is 14.8. The van der Waals surface area contributed by atoms with Gasteiger partial charge in [-0.25, -0.2) is 4.98 Å². The molecule has 1 heterocycles. The molecule has 6 nitrogen and oxygen atoms in total. The van der Waals surface area contributed by atoms with Crippen LogP contribution in [0.25, 0.3) is 0 Å². The van der Waals surface area contributed by atoms with E-state index in [0.717, 1.165) is 10.2 Å². The third-order valence-electron chi connectivity index (χ3n) is 2.92. The normalized spacial score (nSPS) is 10.4. The first-order chi connectivity index (χ1) is 11.7. The Morgan fingerprint density at radius 3 is 2.42 bits per heavy atom. The zero-order valence-corrected chi connectivity index (χ0v) is 14.8. The number of aromatic amines is 1. The fraction of sp³-hybridized carbons (Fsp3) is 0.0625. The van der Waals surface area contributed by atoms with E-state index >= 15 is 0 Å². The number of amides is 1. The van der Waals surface area contributed by atoms with Gasteiger partial charge in [-0.15, -0.1) is 0 Å². The quantitative estimate of drug-likeness (QED) is 0.604. The van der Waals surface area contributed by atoms with Crippen molar-refractivity contribution in [2.24, 2.45) is 0 Å². The highest BCUT2D eigenvalue weighted by atomic mass is 79.9. The first kappa shape index (κ1) is 16.5. The summed E-state index contributed by atoms with van der Waals surface area (Å²) in [6.45, 7) is 0. The van der Waals surface area contributed by atoms with Gasteiger partial charge >= 0.3 is 0 Å². The van der Waals surface area contributed by atoms with Crippen LogP contribution in [-0.4, -0.2) is 26.8 Å². The zero-order chi connectivity index (χ0) is 16.8. The smallest absolute Gasteiger partial charge is 0.234 e. The number of ether oxygens (including phenoxy) is 1. The van der Waals surface area contributed by atoms with Gasteiger partial charge in [0, 0.05) is 10.2 Å². The largest absolute Gasteiger partial charge is 0.457 e. The van der Waals surface area contributed by atoms with E-state index in [1.807, 2.05) is 24.3 Å². The van der Waals surface area contributed by atoms with Gasteiger partial charge in [-0.2, -0.15) is 5.10 Å². The van der Waals surface area contributed by atoms with Crippen molar-refractivity contribution in [2.45, 2.75) is 5.16 Å². The van der Waals surface area contributed by atoms with Gasteiger partial charge in [-0.1, -0.05) is 27.7 Å². The maximum absolute atomic E-state index is 11.9. The Morgan fingerprint density at radius 2 is 1.79 bits per heavy atom. The summed E-state index contributed by atoms with van der Waals surface area (Å²) in [5.41, 5.74) is 0.710. The number of hydrogen-bond acceptors (Lipinski definition) is 5. The Labute approximate surface area is 151 Å². The number of benzene rings is 2. The van der Waals surface area contributed by atoms with Crippen molar-refractivity contribution in [2.75, 3.05) is 11.1 Å². The Kier molecular flexibility index (Phi) is 5.50. The van der Waals surface area contributed by atoms with Crippen LogP contribution in [-0.2, 0) is 4.79 Å². The molecule has 0 saturated carbocycles. The molecule has 3 rings (SSSR count). The molecule has 0 fully saturated rings. The summed E-state index contributed by atoms with van der Waals surface area (Å²) >= 11 is 4.67. The minimum Gasteiger partial charge on any atom is -0.457 e.